The van der Waals surface area contributed by atoms with E-state index in [4.69, 9.17) is 16.6 Å². The normalized spacial score (nSPS) is 14.6. The largest absolute Gasteiger partial charge is 0.388 e. The van der Waals surface area contributed by atoms with Gasteiger partial charge in [0.15, 0.2) is 0 Å². The molecule has 1 saturated carbocycles. The summed E-state index contributed by atoms with van der Waals surface area (Å²) in [6, 6.07) is 14.9. The van der Waals surface area contributed by atoms with Crippen LogP contribution in [0, 0.1) is 0 Å². The lowest BCUT2D eigenvalue weighted by molar-refractivity contribution is 0.775. The van der Waals surface area contributed by atoms with Crippen molar-refractivity contribution in [3.05, 3.63) is 47.5 Å². The average molecular weight is 298 g/mol. The van der Waals surface area contributed by atoms with Crippen LogP contribution in [0.5, 0.6) is 0 Å². The van der Waals surface area contributed by atoms with E-state index in [1.54, 1.807) is 0 Å². The zero-order valence-corrected chi connectivity index (χ0v) is 12.6. The molecule has 1 N–H and O–H groups in total. The van der Waals surface area contributed by atoms with Gasteiger partial charge in [0.2, 0.25) is 0 Å². The zero-order valence-electron chi connectivity index (χ0n) is 11.8. The summed E-state index contributed by atoms with van der Waals surface area (Å²) in [6.07, 6.45) is 2.44. The van der Waals surface area contributed by atoms with E-state index in [2.05, 4.69) is 34.1 Å². The Labute approximate surface area is 128 Å². The second-order valence-corrected chi connectivity index (χ2v) is 5.93. The van der Waals surface area contributed by atoms with Gasteiger partial charge in [0.05, 0.1) is 11.0 Å². The van der Waals surface area contributed by atoms with Crippen molar-refractivity contribution in [3.8, 4) is 11.4 Å². The van der Waals surface area contributed by atoms with Crippen LogP contribution in [0.15, 0.2) is 42.5 Å². The maximum absolute atomic E-state index is 6.16. The molecule has 1 heterocycles. The number of hydrogen-bond acceptors (Lipinski definition) is 2. The van der Waals surface area contributed by atoms with E-state index in [1.165, 1.54) is 12.8 Å². The van der Waals surface area contributed by atoms with E-state index in [0.29, 0.717) is 6.04 Å². The highest BCUT2D eigenvalue weighted by atomic mass is 35.5. The number of nitrogens with one attached hydrogen (secondary N) is 1. The molecule has 0 radical (unpaired) electrons. The fraction of sp³-hybridized carbons (Fsp3) is 0.235. The minimum absolute atomic E-state index is 0.562. The van der Waals surface area contributed by atoms with Crippen LogP contribution in [0.4, 0.5) is 5.69 Å². The molecule has 1 aliphatic rings. The molecule has 0 unspecified atom stereocenters. The molecular formula is C17H16ClN3. The van der Waals surface area contributed by atoms with Gasteiger partial charge in [-0.1, -0.05) is 11.6 Å². The first kappa shape index (κ1) is 12.7. The number of aromatic nitrogens is 2. The molecule has 3 aromatic rings. The third-order valence-electron chi connectivity index (χ3n) is 4.00. The molecular weight excluding hydrogens is 282 g/mol. The smallest absolute Gasteiger partial charge is 0.141 e. The quantitative estimate of drug-likeness (QED) is 0.757. The minimum Gasteiger partial charge on any atom is -0.388 e. The minimum atomic E-state index is 0.562. The predicted molar refractivity (Wildman–Crippen MR) is 88.0 cm³/mol. The van der Waals surface area contributed by atoms with Crippen LogP contribution in [0.3, 0.4) is 0 Å². The van der Waals surface area contributed by atoms with Crippen LogP contribution in [0.25, 0.3) is 22.4 Å². The van der Waals surface area contributed by atoms with Crippen molar-refractivity contribution in [2.75, 3.05) is 12.4 Å². The van der Waals surface area contributed by atoms with Gasteiger partial charge in [0.25, 0.3) is 0 Å². The van der Waals surface area contributed by atoms with E-state index in [9.17, 15) is 0 Å². The van der Waals surface area contributed by atoms with Gasteiger partial charge in [0.1, 0.15) is 5.82 Å². The van der Waals surface area contributed by atoms with Crippen LogP contribution >= 0.6 is 11.6 Å². The Morgan fingerprint density at radius 1 is 1.14 bits per heavy atom. The molecule has 21 heavy (non-hydrogen) atoms. The predicted octanol–water partition coefficient (Wildman–Crippen LogP) is 4.73. The third kappa shape index (κ3) is 2.18. The molecule has 3 nitrogen and oxygen atoms in total. The molecule has 4 rings (SSSR count). The van der Waals surface area contributed by atoms with Crippen molar-refractivity contribution in [1.82, 2.24) is 9.55 Å². The maximum Gasteiger partial charge on any atom is 0.141 e. The first-order valence-electron chi connectivity index (χ1n) is 7.22. The SMILES string of the molecule is CNc1ccc(-c2nc3ccc(Cl)cc3n2C2CC2)cc1. The summed E-state index contributed by atoms with van der Waals surface area (Å²) in [5.41, 5.74) is 4.40. The summed E-state index contributed by atoms with van der Waals surface area (Å²) in [5, 5.41) is 3.91. The van der Waals surface area contributed by atoms with Crippen LogP contribution in [-0.4, -0.2) is 16.6 Å². The Bertz CT molecular complexity index is 801. The number of imidazole rings is 1. The Morgan fingerprint density at radius 2 is 1.90 bits per heavy atom. The van der Waals surface area contributed by atoms with Crippen LogP contribution in [0.1, 0.15) is 18.9 Å². The first-order chi connectivity index (χ1) is 10.3. The van der Waals surface area contributed by atoms with E-state index in [1.807, 2.05) is 25.2 Å². The van der Waals surface area contributed by atoms with E-state index in [-0.39, 0.29) is 0 Å². The lowest BCUT2D eigenvalue weighted by Crippen LogP contribution is -1.97. The summed E-state index contributed by atoms with van der Waals surface area (Å²) in [5.74, 6) is 1.04. The summed E-state index contributed by atoms with van der Waals surface area (Å²) < 4.78 is 2.34. The van der Waals surface area contributed by atoms with Crippen molar-refractivity contribution < 1.29 is 0 Å². The van der Waals surface area contributed by atoms with Crippen LogP contribution in [0.2, 0.25) is 5.02 Å². The molecule has 0 amide bonds. The number of nitrogens with zero attached hydrogens (tertiary/aromatic N) is 2. The lowest BCUT2D eigenvalue weighted by atomic mass is 10.2. The van der Waals surface area contributed by atoms with Gasteiger partial charge < -0.3 is 9.88 Å². The highest BCUT2D eigenvalue weighted by molar-refractivity contribution is 6.31. The second kappa shape index (κ2) is 4.78. The number of fused-ring (bicyclic) bond motifs is 1. The summed E-state index contributed by atoms with van der Waals surface area (Å²) in [6.45, 7) is 0. The van der Waals surface area contributed by atoms with Gasteiger partial charge in [0, 0.05) is 29.4 Å². The lowest BCUT2D eigenvalue weighted by Gasteiger charge is -2.08. The van der Waals surface area contributed by atoms with E-state index in [0.717, 1.165) is 33.1 Å². The van der Waals surface area contributed by atoms with Crippen LogP contribution in [-0.2, 0) is 0 Å². The number of rotatable bonds is 3. The number of halogens is 1. The standard InChI is InChI=1S/C17H16ClN3/c1-19-13-5-2-11(3-6-13)17-20-15-9-4-12(18)10-16(15)21(17)14-7-8-14/h2-6,9-10,14,19H,7-8H2,1H3. The monoisotopic (exact) mass is 297 g/mol. The Balaban J connectivity index is 1.92. The van der Waals surface area contributed by atoms with Crippen molar-refractivity contribution in [1.29, 1.82) is 0 Å². The van der Waals surface area contributed by atoms with E-state index < -0.39 is 0 Å². The van der Waals surface area contributed by atoms with Crippen molar-refractivity contribution in [3.63, 3.8) is 0 Å². The topological polar surface area (TPSA) is 29.9 Å². The van der Waals surface area contributed by atoms with E-state index >= 15 is 0 Å². The molecule has 0 atom stereocenters. The molecule has 106 valence electrons. The molecule has 4 heteroatoms. The molecule has 2 aromatic carbocycles. The second-order valence-electron chi connectivity index (χ2n) is 5.50. The van der Waals surface area contributed by atoms with Crippen molar-refractivity contribution >= 4 is 28.3 Å². The van der Waals surface area contributed by atoms with Crippen molar-refractivity contribution in [2.24, 2.45) is 0 Å². The molecule has 0 spiro atoms. The number of hydrogen-bond donors (Lipinski definition) is 1. The highest BCUT2D eigenvalue weighted by Crippen LogP contribution is 2.41. The highest BCUT2D eigenvalue weighted by Gasteiger charge is 2.28. The summed E-state index contributed by atoms with van der Waals surface area (Å²) in [7, 11) is 1.93. The zero-order chi connectivity index (χ0) is 14.4. The van der Waals surface area contributed by atoms with Gasteiger partial charge in [-0.05, 0) is 55.3 Å². The molecule has 0 bridgehead atoms. The van der Waals surface area contributed by atoms with Gasteiger partial charge in [-0.15, -0.1) is 0 Å². The van der Waals surface area contributed by atoms with Gasteiger partial charge in [-0.25, -0.2) is 4.98 Å². The number of benzene rings is 2. The molecule has 0 aliphatic heterocycles. The van der Waals surface area contributed by atoms with Gasteiger partial charge in [-0.3, -0.25) is 0 Å². The van der Waals surface area contributed by atoms with Gasteiger partial charge >= 0.3 is 0 Å². The first-order valence-corrected chi connectivity index (χ1v) is 7.60. The third-order valence-corrected chi connectivity index (χ3v) is 4.23. The van der Waals surface area contributed by atoms with Gasteiger partial charge in [-0.2, -0.15) is 0 Å². The van der Waals surface area contributed by atoms with Crippen LogP contribution < -0.4 is 5.32 Å². The molecule has 1 fully saturated rings. The fourth-order valence-corrected chi connectivity index (χ4v) is 2.92. The summed E-state index contributed by atoms with van der Waals surface area (Å²) in [4.78, 5) is 4.82. The Hall–Kier alpha value is -2.00. The molecule has 1 aliphatic carbocycles. The summed E-state index contributed by atoms with van der Waals surface area (Å²) >= 11 is 6.16. The molecule has 0 saturated heterocycles. The Kier molecular flexibility index (Phi) is 2.89. The fourth-order valence-electron chi connectivity index (χ4n) is 2.76. The van der Waals surface area contributed by atoms with Crippen molar-refractivity contribution in [2.45, 2.75) is 18.9 Å². The Morgan fingerprint density at radius 3 is 2.57 bits per heavy atom. The maximum atomic E-state index is 6.16. The number of anilines is 1. The molecule has 1 aromatic heterocycles. The average Bonchev–Trinajstić information content (AvgIpc) is 3.28.